The highest BCUT2D eigenvalue weighted by Gasteiger charge is 2.26. The molecule has 0 saturated heterocycles. The van der Waals surface area contributed by atoms with E-state index in [1.54, 1.807) is 26.1 Å². The molecule has 1 rings (SSSR count). The number of hydrogen-bond donors (Lipinski definition) is 1. The number of hydrogen-bond acceptors (Lipinski definition) is 3. The molecule has 0 aromatic heterocycles. The van der Waals surface area contributed by atoms with Gasteiger partial charge in [0.1, 0.15) is 0 Å². The van der Waals surface area contributed by atoms with E-state index in [0.717, 1.165) is 11.1 Å². The van der Waals surface area contributed by atoms with E-state index in [2.05, 4.69) is 0 Å². The summed E-state index contributed by atoms with van der Waals surface area (Å²) < 4.78 is 26.6. The van der Waals surface area contributed by atoms with Gasteiger partial charge in [-0.1, -0.05) is 32.9 Å². The van der Waals surface area contributed by atoms with Crippen molar-refractivity contribution in [3.63, 3.8) is 0 Å². The summed E-state index contributed by atoms with van der Waals surface area (Å²) in [6, 6.07) is 5.34. The second-order valence-electron chi connectivity index (χ2n) is 6.13. The molecule has 0 aliphatic carbocycles. The second-order valence-corrected chi connectivity index (χ2v) is 8.14. The molecule has 5 heteroatoms. The minimum atomic E-state index is -3.46. The number of sulfonamides is 1. The van der Waals surface area contributed by atoms with Crippen molar-refractivity contribution in [1.82, 2.24) is 4.31 Å². The molecule has 108 valence electrons. The zero-order valence-electron chi connectivity index (χ0n) is 12.4. The Morgan fingerprint density at radius 3 is 2.32 bits per heavy atom. The fourth-order valence-corrected chi connectivity index (χ4v) is 3.64. The van der Waals surface area contributed by atoms with Crippen LogP contribution in [0.25, 0.3) is 0 Å². The molecule has 0 unspecified atom stereocenters. The van der Waals surface area contributed by atoms with E-state index in [9.17, 15) is 8.42 Å². The smallest absolute Gasteiger partial charge is 0.243 e. The first-order valence-electron chi connectivity index (χ1n) is 6.34. The lowest BCUT2D eigenvalue weighted by Gasteiger charge is -2.26. The van der Waals surface area contributed by atoms with Crippen molar-refractivity contribution in [2.24, 2.45) is 11.1 Å². The molecule has 0 aliphatic rings. The molecule has 0 aliphatic heterocycles. The van der Waals surface area contributed by atoms with E-state index < -0.39 is 10.0 Å². The maximum absolute atomic E-state index is 12.6. The van der Waals surface area contributed by atoms with Gasteiger partial charge in [0.05, 0.1) is 4.90 Å². The van der Waals surface area contributed by atoms with E-state index in [0.29, 0.717) is 18.0 Å². The molecule has 0 spiro atoms. The maximum atomic E-state index is 12.6. The van der Waals surface area contributed by atoms with E-state index in [1.807, 2.05) is 26.8 Å². The van der Waals surface area contributed by atoms with Gasteiger partial charge in [-0.25, -0.2) is 12.7 Å². The number of nitrogens with two attached hydrogens (primary N) is 1. The SMILES string of the molecule is Cc1ccc(CN)cc1S(=O)(=O)N(C)CC(C)(C)C. The van der Waals surface area contributed by atoms with Gasteiger partial charge >= 0.3 is 0 Å². The third-order valence-electron chi connectivity index (χ3n) is 2.87. The maximum Gasteiger partial charge on any atom is 0.243 e. The van der Waals surface area contributed by atoms with Crippen molar-refractivity contribution >= 4 is 10.0 Å². The normalized spacial score (nSPS) is 13.0. The van der Waals surface area contributed by atoms with Crippen molar-refractivity contribution in [3.05, 3.63) is 29.3 Å². The van der Waals surface area contributed by atoms with Crippen LogP contribution in [0.1, 0.15) is 31.9 Å². The lowest BCUT2D eigenvalue weighted by molar-refractivity contribution is 0.310. The van der Waals surface area contributed by atoms with E-state index >= 15 is 0 Å². The van der Waals surface area contributed by atoms with Gasteiger partial charge in [-0.05, 0) is 29.5 Å². The van der Waals surface area contributed by atoms with Crippen molar-refractivity contribution in [3.8, 4) is 0 Å². The van der Waals surface area contributed by atoms with Gasteiger partial charge in [-0.2, -0.15) is 0 Å². The molecular weight excluding hydrogens is 260 g/mol. The minimum absolute atomic E-state index is 0.0821. The lowest BCUT2D eigenvalue weighted by atomic mass is 9.97. The number of nitrogens with zero attached hydrogens (tertiary/aromatic N) is 1. The van der Waals surface area contributed by atoms with Crippen LogP contribution >= 0.6 is 0 Å². The van der Waals surface area contributed by atoms with Gasteiger partial charge in [0.2, 0.25) is 10.0 Å². The molecule has 4 nitrogen and oxygen atoms in total. The molecule has 0 heterocycles. The molecular formula is C14H24N2O2S. The van der Waals surface area contributed by atoms with Gasteiger partial charge in [0.15, 0.2) is 0 Å². The first-order chi connectivity index (χ1) is 8.58. The predicted octanol–water partition coefficient (Wildman–Crippen LogP) is 2.12. The first kappa shape index (κ1) is 16.1. The Morgan fingerprint density at radius 1 is 1.26 bits per heavy atom. The Kier molecular flexibility index (Phi) is 4.76. The molecule has 2 N–H and O–H groups in total. The third-order valence-corrected chi connectivity index (χ3v) is 4.82. The quantitative estimate of drug-likeness (QED) is 0.921. The topological polar surface area (TPSA) is 63.4 Å². The minimum Gasteiger partial charge on any atom is -0.326 e. The molecule has 0 atom stereocenters. The van der Waals surface area contributed by atoms with E-state index in [-0.39, 0.29) is 5.41 Å². The summed E-state index contributed by atoms with van der Waals surface area (Å²) in [6.07, 6.45) is 0. The van der Waals surface area contributed by atoms with Gasteiger partial charge < -0.3 is 5.73 Å². The van der Waals surface area contributed by atoms with Crippen LogP contribution in [0.15, 0.2) is 23.1 Å². The van der Waals surface area contributed by atoms with Crippen LogP contribution in [-0.2, 0) is 16.6 Å². The Balaban J connectivity index is 3.20. The summed E-state index contributed by atoms with van der Waals surface area (Å²) in [7, 11) is -1.84. The summed E-state index contributed by atoms with van der Waals surface area (Å²) >= 11 is 0. The lowest BCUT2D eigenvalue weighted by Crippen LogP contribution is -2.34. The zero-order chi connectivity index (χ0) is 14.8. The third kappa shape index (κ3) is 4.03. The Bertz CT molecular complexity index is 545. The second kappa shape index (κ2) is 5.61. The molecule has 1 aromatic carbocycles. The Labute approximate surface area is 116 Å². The molecule has 0 bridgehead atoms. The van der Waals surface area contributed by atoms with Crippen LogP contribution in [0.4, 0.5) is 0 Å². The molecule has 0 fully saturated rings. The first-order valence-corrected chi connectivity index (χ1v) is 7.78. The van der Waals surface area contributed by atoms with Gasteiger partial charge in [0.25, 0.3) is 0 Å². The van der Waals surface area contributed by atoms with Crippen molar-refractivity contribution < 1.29 is 8.42 Å². The summed E-state index contributed by atoms with van der Waals surface area (Å²) in [5, 5.41) is 0. The van der Waals surface area contributed by atoms with Crippen LogP contribution in [0, 0.1) is 12.3 Å². The predicted molar refractivity (Wildman–Crippen MR) is 78.3 cm³/mol. The number of benzene rings is 1. The van der Waals surface area contributed by atoms with Gasteiger partial charge in [0, 0.05) is 20.1 Å². The van der Waals surface area contributed by atoms with Crippen LogP contribution in [-0.4, -0.2) is 26.3 Å². The van der Waals surface area contributed by atoms with Crippen LogP contribution in [0.2, 0.25) is 0 Å². The Morgan fingerprint density at radius 2 is 1.84 bits per heavy atom. The summed E-state index contributed by atoms with van der Waals surface area (Å²) in [5.74, 6) is 0. The summed E-state index contributed by atoms with van der Waals surface area (Å²) in [4.78, 5) is 0.349. The summed E-state index contributed by atoms with van der Waals surface area (Å²) in [6.45, 7) is 8.66. The Hall–Kier alpha value is -0.910. The highest BCUT2D eigenvalue weighted by atomic mass is 32.2. The number of rotatable bonds is 4. The fraction of sp³-hybridized carbons (Fsp3) is 0.571. The summed E-state index contributed by atoms with van der Waals surface area (Å²) in [5.41, 5.74) is 7.07. The largest absolute Gasteiger partial charge is 0.326 e. The molecule has 0 radical (unpaired) electrons. The van der Waals surface area contributed by atoms with E-state index in [1.165, 1.54) is 4.31 Å². The van der Waals surface area contributed by atoms with Gasteiger partial charge in [-0.15, -0.1) is 0 Å². The number of aryl methyl sites for hydroxylation is 1. The molecule has 1 aromatic rings. The van der Waals surface area contributed by atoms with Crippen molar-refractivity contribution in [1.29, 1.82) is 0 Å². The zero-order valence-corrected chi connectivity index (χ0v) is 13.2. The molecule has 19 heavy (non-hydrogen) atoms. The monoisotopic (exact) mass is 284 g/mol. The average molecular weight is 284 g/mol. The highest BCUT2D eigenvalue weighted by Crippen LogP contribution is 2.24. The van der Waals surface area contributed by atoms with Gasteiger partial charge in [-0.3, -0.25) is 0 Å². The van der Waals surface area contributed by atoms with Crippen molar-refractivity contribution in [2.45, 2.75) is 39.1 Å². The average Bonchev–Trinajstić information content (AvgIpc) is 2.27. The van der Waals surface area contributed by atoms with Crippen LogP contribution in [0.3, 0.4) is 0 Å². The van der Waals surface area contributed by atoms with Crippen LogP contribution in [0.5, 0.6) is 0 Å². The molecule has 0 amide bonds. The molecule has 0 saturated carbocycles. The standard InChI is InChI=1S/C14H24N2O2S/c1-11-6-7-12(9-15)8-13(11)19(17,18)16(5)10-14(2,3)4/h6-8H,9-10,15H2,1-5H3. The fourth-order valence-electron chi connectivity index (χ4n) is 1.97. The van der Waals surface area contributed by atoms with Crippen molar-refractivity contribution in [2.75, 3.05) is 13.6 Å². The van der Waals surface area contributed by atoms with E-state index in [4.69, 9.17) is 5.73 Å². The van der Waals surface area contributed by atoms with Crippen LogP contribution < -0.4 is 5.73 Å². The highest BCUT2D eigenvalue weighted by molar-refractivity contribution is 7.89.